The van der Waals surface area contributed by atoms with Gasteiger partial charge in [0.2, 0.25) is 5.95 Å². The summed E-state index contributed by atoms with van der Waals surface area (Å²) >= 11 is 14.9. The molecule has 0 atom stereocenters. The molecule has 1 aromatic carbocycles. The summed E-state index contributed by atoms with van der Waals surface area (Å²) in [7, 11) is 0. The number of rotatable bonds is 4. The van der Waals surface area contributed by atoms with Crippen LogP contribution in [0.25, 0.3) is 0 Å². The second kappa shape index (κ2) is 7.92. The van der Waals surface area contributed by atoms with Crippen LogP contribution in [0.15, 0.2) is 46.8 Å². The number of carbonyl (C=O) groups excluding carboxylic acids is 1. The zero-order valence-corrected chi connectivity index (χ0v) is 14.4. The molecule has 9 heteroatoms. The van der Waals surface area contributed by atoms with Gasteiger partial charge in [-0.3, -0.25) is 4.79 Å². The fourth-order valence-corrected chi connectivity index (χ4v) is 1.95. The predicted molar refractivity (Wildman–Crippen MR) is 92.1 cm³/mol. The molecule has 2 aromatic rings. The summed E-state index contributed by atoms with van der Waals surface area (Å²) in [5.74, 6) is -0.348. The van der Waals surface area contributed by atoms with E-state index in [-0.39, 0.29) is 11.5 Å². The molecule has 0 spiro atoms. The van der Waals surface area contributed by atoms with E-state index in [9.17, 15) is 4.79 Å². The summed E-state index contributed by atoms with van der Waals surface area (Å²) in [6, 6.07) is 6.40. The molecule has 0 unspecified atom stereocenters. The molecule has 1 amide bonds. The third-order valence-electron chi connectivity index (χ3n) is 2.51. The summed E-state index contributed by atoms with van der Waals surface area (Å²) < 4.78 is 0.713. The van der Waals surface area contributed by atoms with Crippen molar-refractivity contribution in [3.63, 3.8) is 0 Å². The number of nitriles is 1. The monoisotopic (exact) mass is 411 g/mol. The van der Waals surface area contributed by atoms with E-state index in [1.54, 1.807) is 18.2 Å². The molecular weight excluding hydrogens is 405 g/mol. The number of aromatic nitrogens is 2. The minimum atomic E-state index is -0.601. The van der Waals surface area contributed by atoms with Crippen molar-refractivity contribution in [2.75, 3.05) is 10.6 Å². The van der Waals surface area contributed by atoms with E-state index in [1.165, 1.54) is 24.7 Å². The van der Waals surface area contributed by atoms with E-state index in [2.05, 4.69) is 36.5 Å². The number of benzene rings is 1. The van der Waals surface area contributed by atoms with Crippen LogP contribution in [-0.4, -0.2) is 15.9 Å². The van der Waals surface area contributed by atoms with Gasteiger partial charge in [0.15, 0.2) is 0 Å². The molecule has 0 bridgehead atoms. The first-order valence-corrected chi connectivity index (χ1v) is 7.65. The van der Waals surface area contributed by atoms with Crippen molar-refractivity contribution in [1.82, 2.24) is 9.97 Å². The summed E-state index contributed by atoms with van der Waals surface area (Å²) in [4.78, 5) is 20.0. The average Bonchev–Trinajstić information content (AvgIpc) is 2.53. The van der Waals surface area contributed by atoms with E-state index in [0.29, 0.717) is 20.2 Å². The molecule has 0 saturated heterocycles. The topological polar surface area (TPSA) is 90.7 Å². The smallest absolute Gasteiger partial charge is 0.267 e. The second-order valence-electron chi connectivity index (χ2n) is 4.12. The third-order valence-corrected chi connectivity index (χ3v) is 3.66. The Morgan fingerprint density at radius 2 is 1.96 bits per heavy atom. The number of carbonyl (C=O) groups is 1. The zero-order chi connectivity index (χ0) is 16.8. The maximum Gasteiger partial charge on any atom is 0.267 e. The first-order chi connectivity index (χ1) is 11.0. The first kappa shape index (κ1) is 17.2. The third kappa shape index (κ3) is 4.93. The molecule has 2 N–H and O–H groups in total. The standard InChI is InChI=1S/C14H8BrCl2N5O/c15-9-6-20-14(21-7-9)19-5-8(4-18)13(23)22-10-1-2-11(16)12(17)3-10/h1-3,5-7H,(H,22,23)(H,19,20,21)/b8-5-. The Morgan fingerprint density at radius 3 is 2.57 bits per heavy atom. The molecule has 1 heterocycles. The SMILES string of the molecule is N#C/C(=C/Nc1ncc(Br)cn1)C(=O)Nc1ccc(Cl)c(Cl)c1. The van der Waals surface area contributed by atoms with Gasteiger partial charge in [-0.05, 0) is 34.1 Å². The Bertz CT molecular complexity index is 802. The van der Waals surface area contributed by atoms with Crippen molar-refractivity contribution in [1.29, 1.82) is 5.26 Å². The van der Waals surface area contributed by atoms with Crippen molar-refractivity contribution < 1.29 is 4.79 Å². The highest BCUT2D eigenvalue weighted by atomic mass is 79.9. The van der Waals surface area contributed by atoms with Crippen LogP contribution >= 0.6 is 39.1 Å². The van der Waals surface area contributed by atoms with Crippen molar-refractivity contribution in [2.24, 2.45) is 0 Å². The van der Waals surface area contributed by atoms with Crippen LogP contribution in [0, 0.1) is 11.3 Å². The van der Waals surface area contributed by atoms with Crippen molar-refractivity contribution in [3.8, 4) is 6.07 Å². The van der Waals surface area contributed by atoms with E-state index in [1.807, 2.05) is 0 Å². The maximum absolute atomic E-state index is 12.0. The predicted octanol–water partition coefficient (Wildman–Crippen LogP) is 4.00. The summed E-state index contributed by atoms with van der Waals surface area (Å²) in [6.45, 7) is 0. The molecule has 0 radical (unpaired) electrons. The fourth-order valence-electron chi connectivity index (χ4n) is 1.44. The average molecular weight is 413 g/mol. The maximum atomic E-state index is 12.0. The molecule has 6 nitrogen and oxygen atoms in total. The van der Waals surface area contributed by atoms with Gasteiger partial charge < -0.3 is 10.6 Å². The number of halogens is 3. The molecule has 0 aliphatic carbocycles. The van der Waals surface area contributed by atoms with Gasteiger partial charge in [0.25, 0.3) is 5.91 Å². The van der Waals surface area contributed by atoms with E-state index in [0.717, 1.165) is 0 Å². The summed E-state index contributed by atoms with van der Waals surface area (Å²) in [5, 5.41) is 15.0. The van der Waals surface area contributed by atoms with Crippen molar-refractivity contribution in [3.05, 3.63) is 56.9 Å². The Labute approximate surface area is 150 Å². The molecule has 0 fully saturated rings. The summed E-state index contributed by atoms with van der Waals surface area (Å²) in [6.07, 6.45) is 4.28. The molecule has 116 valence electrons. The fraction of sp³-hybridized carbons (Fsp3) is 0. The number of hydrogen-bond acceptors (Lipinski definition) is 5. The number of amides is 1. The largest absolute Gasteiger partial charge is 0.329 e. The lowest BCUT2D eigenvalue weighted by Gasteiger charge is -2.06. The Hall–Kier alpha value is -2.14. The lowest BCUT2D eigenvalue weighted by atomic mass is 10.2. The van der Waals surface area contributed by atoms with E-state index >= 15 is 0 Å². The normalized spacial score (nSPS) is 10.8. The Kier molecular flexibility index (Phi) is 5.93. The van der Waals surface area contributed by atoms with E-state index < -0.39 is 5.91 Å². The number of anilines is 2. The van der Waals surface area contributed by atoms with Crippen LogP contribution in [0.5, 0.6) is 0 Å². The minimum Gasteiger partial charge on any atom is -0.329 e. The summed E-state index contributed by atoms with van der Waals surface area (Å²) in [5.41, 5.74) is 0.271. The van der Waals surface area contributed by atoms with Gasteiger partial charge in [0.1, 0.15) is 11.6 Å². The van der Waals surface area contributed by atoms with Gasteiger partial charge in [-0.2, -0.15) is 5.26 Å². The molecule has 0 aliphatic heterocycles. The van der Waals surface area contributed by atoms with Crippen LogP contribution in [0.2, 0.25) is 10.0 Å². The number of nitrogens with zero attached hydrogens (tertiary/aromatic N) is 3. The first-order valence-electron chi connectivity index (χ1n) is 6.10. The molecule has 0 saturated carbocycles. The van der Waals surface area contributed by atoms with Gasteiger partial charge in [-0.1, -0.05) is 23.2 Å². The molecule has 0 aliphatic rings. The second-order valence-corrected chi connectivity index (χ2v) is 5.85. The van der Waals surface area contributed by atoms with Crippen LogP contribution < -0.4 is 10.6 Å². The quantitative estimate of drug-likeness (QED) is 0.584. The van der Waals surface area contributed by atoms with Crippen molar-refractivity contribution >= 4 is 56.7 Å². The van der Waals surface area contributed by atoms with Gasteiger partial charge in [0, 0.05) is 24.3 Å². The highest BCUT2D eigenvalue weighted by Crippen LogP contribution is 2.25. The van der Waals surface area contributed by atoms with Gasteiger partial charge >= 0.3 is 0 Å². The Balaban J connectivity index is 2.08. The lowest BCUT2D eigenvalue weighted by Crippen LogP contribution is -2.14. The van der Waals surface area contributed by atoms with Crippen molar-refractivity contribution in [2.45, 2.75) is 0 Å². The van der Waals surface area contributed by atoms with E-state index in [4.69, 9.17) is 28.5 Å². The highest BCUT2D eigenvalue weighted by Gasteiger charge is 2.10. The van der Waals surface area contributed by atoms with Gasteiger partial charge in [0.05, 0.1) is 14.5 Å². The lowest BCUT2D eigenvalue weighted by molar-refractivity contribution is -0.112. The van der Waals surface area contributed by atoms with Crippen LogP contribution in [0.4, 0.5) is 11.6 Å². The van der Waals surface area contributed by atoms with Gasteiger partial charge in [-0.15, -0.1) is 0 Å². The Morgan fingerprint density at radius 1 is 1.26 bits per heavy atom. The van der Waals surface area contributed by atoms with Gasteiger partial charge in [-0.25, -0.2) is 9.97 Å². The van der Waals surface area contributed by atoms with Crippen LogP contribution in [-0.2, 0) is 4.79 Å². The molecule has 23 heavy (non-hydrogen) atoms. The zero-order valence-electron chi connectivity index (χ0n) is 11.3. The van der Waals surface area contributed by atoms with Crippen LogP contribution in [0.3, 0.4) is 0 Å². The number of nitrogens with one attached hydrogen (secondary N) is 2. The van der Waals surface area contributed by atoms with Crippen LogP contribution in [0.1, 0.15) is 0 Å². The molecule has 1 aromatic heterocycles. The molecular formula is C14H8BrCl2N5O. The minimum absolute atomic E-state index is 0.150. The molecule has 2 rings (SSSR count). The highest BCUT2D eigenvalue weighted by molar-refractivity contribution is 9.10. The number of hydrogen-bond donors (Lipinski definition) is 2.